The van der Waals surface area contributed by atoms with Crippen LogP contribution in [-0.4, -0.2) is 40.1 Å². The van der Waals surface area contributed by atoms with Gasteiger partial charge in [0.15, 0.2) is 5.82 Å². The van der Waals surface area contributed by atoms with Crippen LogP contribution in [-0.2, 0) is 0 Å². The molecule has 1 aromatic rings. The number of hydrogen-bond donors (Lipinski definition) is 3. The number of hydrazine groups is 1. The van der Waals surface area contributed by atoms with Crippen molar-refractivity contribution in [1.82, 2.24) is 9.88 Å². The normalized spacial score (nSPS) is 15.8. The molecule has 0 radical (unpaired) electrons. The summed E-state index contributed by atoms with van der Waals surface area (Å²) in [5.41, 5.74) is 2.88. The lowest BCUT2D eigenvalue weighted by Crippen LogP contribution is -2.43. The number of aliphatic hydroxyl groups is 1. The molecule has 1 fully saturated rings. The van der Waals surface area contributed by atoms with Crippen LogP contribution in [0.5, 0.6) is 0 Å². The second kappa shape index (κ2) is 7.72. The summed E-state index contributed by atoms with van der Waals surface area (Å²) in [5, 5.41) is 9.29. The summed E-state index contributed by atoms with van der Waals surface area (Å²) in [6, 6.07) is 1.89. The molecule has 0 bridgehead atoms. The van der Waals surface area contributed by atoms with Crippen LogP contribution in [0, 0.1) is 0 Å². The number of aromatic nitrogens is 1. The highest BCUT2D eigenvalue weighted by Crippen LogP contribution is 2.26. The minimum Gasteiger partial charge on any atom is -0.395 e. The van der Waals surface area contributed by atoms with Gasteiger partial charge < -0.3 is 15.4 Å². The van der Waals surface area contributed by atoms with Crippen molar-refractivity contribution in [2.24, 2.45) is 5.84 Å². The lowest BCUT2D eigenvalue weighted by molar-refractivity contribution is 0.0586. The molecule has 0 aliphatic heterocycles. The van der Waals surface area contributed by atoms with E-state index in [2.05, 4.69) is 26.3 Å². The Bertz CT molecular complexity index is 492. The Balaban J connectivity index is 2.27. The fourth-order valence-corrected chi connectivity index (χ4v) is 3.15. The molecule has 1 aromatic heterocycles. The van der Waals surface area contributed by atoms with Crippen LogP contribution in [0.3, 0.4) is 0 Å². The summed E-state index contributed by atoms with van der Waals surface area (Å²) in [5.74, 6) is 5.65. The van der Waals surface area contributed by atoms with Crippen LogP contribution in [0.25, 0.3) is 0 Å². The van der Waals surface area contributed by atoms with Crippen LogP contribution in [0.2, 0.25) is 0 Å². The molecule has 116 valence electrons. The average molecular weight is 357 g/mol. The summed E-state index contributed by atoms with van der Waals surface area (Å²) < 4.78 is 0.720. The van der Waals surface area contributed by atoms with Gasteiger partial charge in [-0.15, -0.1) is 0 Å². The van der Waals surface area contributed by atoms with Crippen LogP contribution in [0.15, 0.2) is 16.7 Å². The van der Waals surface area contributed by atoms with Gasteiger partial charge in [-0.3, -0.25) is 4.79 Å². The zero-order valence-corrected chi connectivity index (χ0v) is 13.5. The Morgan fingerprint density at radius 3 is 2.81 bits per heavy atom. The van der Waals surface area contributed by atoms with Crippen molar-refractivity contribution < 1.29 is 9.90 Å². The molecule has 6 nitrogen and oxygen atoms in total. The first kappa shape index (κ1) is 16.2. The molecule has 1 amide bonds. The van der Waals surface area contributed by atoms with Gasteiger partial charge in [0.05, 0.1) is 12.2 Å². The third kappa shape index (κ3) is 3.93. The van der Waals surface area contributed by atoms with E-state index in [1.54, 1.807) is 17.2 Å². The van der Waals surface area contributed by atoms with Gasteiger partial charge in [0, 0.05) is 23.3 Å². The molecule has 0 unspecified atom stereocenters. The summed E-state index contributed by atoms with van der Waals surface area (Å²) in [4.78, 5) is 18.7. The van der Waals surface area contributed by atoms with Crippen LogP contribution in [0.1, 0.15) is 42.5 Å². The van der Waals surface area contributed by atoms with Crippen molar-refractivity contribution in [3.05, 3.63) is 22.3 Å². The molecule has 0 spiro atoms. The molecule has 1 heterocycles. The van der Waals surface area contributed by atoms with E-state index in [0.29, 0.717) is 17.9 Å². The van der Waals surface area contributed by atoms with Crippen molar-refractivity contribution in [2.45, 2.75) is 38.1 Å². The minimum absolute atomic E-state index is 0.0466. The number of pyridine rings is 1. The van der Waals surface area contributed by atoms with E-state index in [4.69, 9.17) is 5.84 Å². The molecule has 0 atom stereocenters. The molecule has 1 aliphatic rings. The zero-order chi connectivity index (χ0) is 15.2. The lowest BCUT2D eigenvalue weighted by atomic mass is 9.93. The summed E-state index contributed by atoms with van der Waals surface area (Å²) in [6.45, 7) is 0.287. The summed E-state index contributed by atoms with van der Waals surface area (Å²) in [6.07, 6.45) is 7.02. The number of nitrogens with one attached hydrogen (secondary N) is 1. The van der Waals surface area contributed by atoms with E-state index < -0.39 is 0 Å². The smallest absolute Gasteiger partial charge is 0.258 e. The van der Waals surface area contributed by atoms with E-state index in [0.717, 1.165) is 30.2 Å². The number of nitrogens with two attached hydrogens (primary N) is 1. The zero-order valence-electron chi connectivity index (χ0n) is 11.9. The average Bonchev–Trinajstić information content (AvgIpc) is 2.52. The Morgan fingerprint density at radius 1 is 1.48 bits per heavy atom. The fraction of sp³-hybridized carbons (Fsp3) is 0.571. The number of amides is 1. The quantitative estimate of drug-likeness (QED) is 0.553. The Morgan fingerprint density at radius 2 is 2.19 bits per heavy atom. The monoisotopic (exact) mass is 356 g/mol. The maximum Gasteiger partial charge on any atom is 0.258 e. The van der Waals surface area contributed by atoms with Gasteiger partial charge in [-0.2, -0.15) is 0 Å². The molecule has 2 rings (SSSR count). The highest BCUT2D eigenvalue weighted by molar-refractivity contribution is 9.10. The second-order valence-electron chi connectivity index (χ2n) is 5.21. The van der Waals surface area contributed by atoms with E-state index in [1.807, 2.05) is 0 Å². The van der Waals surface area contributed by atoms with Crippen molar-refractivity contribution >= 4 is 27.7 Å². The van der Waals surface area contributed by atoms with Gasteiger partial charge in [0.2, 0.25) is 0 Å². The number of hydrogen-bond acceptors (Lipinski definition) is 5. The number of anilines is 1. The third-order valence-electron chi connectivity index (χ3n) is 3.84. The maximum atomic E-state index is 12.8. The SMILES string of the molecule is NNc1ncc(Br)cc1C(=O)N(CCO)C1CCCCC1. The molecule has 1 aliphatic carbocycles. The molecular weight excluding hydrogens is 336 g/mol. The van der Waals surface area contributed by atoms with Crippen molar-refractivity contribution in [2.75, 3.05) is 18.6 Å². The van der Waals surface area contributed by atoms with Crippen molar-refractivity contribution in [3.8, 4) is 0 Å². The van der Waals surface area contributed by atoms with Gasteiger partial charge in [-0.1, -0.05) is 19.3 Å². The van der Waals surface area contributed by atoms with Gasteiger partial charge in [-0.05, 0) is 34.8 Å². The minimum atomic E-state index is -0.141. The van der Waals surface area contributed by atoms with Crippen LogP contribution < -0.4 is 11.3 Å². The topological polar surface area (TPSA) is 91.5 Å². The second-order valence-corrected chi connectivity index (χ2v) is 6.12. The highest BCUT2D eigenvalue weighted by atomic mass is 79.9. The molecule has 0 aromatic carbocycles. The number of carbonyl (C=O) groups excluding carboxylic acids is 1. The molecule has 1 saturated carbocycles. The van der Waals surface area contributed by atoms with Crippen molar-refractivity contribution in [1.29, 1.82) is 0 Å². The predicted octanol–water partition coefficient (Wildman–Crippen LogP) is 1.90. The van der Waals surface area contributed by atoms with E-state index in [9.17, 15) is 9.90 Å². The number of aliphatic hydroxyl groups excluding tert-OH is 1. The number of rotatable bonds is 5. The standard InChI is InChI=1S/C14H21BrN4O2/c15-10-8-12(13(18-16)17-9-10)14(21)19(6-7-20)11-4-2-1-3-5-11/h8-9,11,20H,1-7,16H2,(H,17,18). The predicted molar refractivity (Wildman–Crippen MR) is 84.7 cm³/mol. The highest BCUT2D eigenvalue weighted by Gasteiger charge is 2.27. The first-order chi connectivity index (χ1) is 10.2. The summed E-state index contributed by atoms with van der Waals surface area (Å²) >= 11 is 3.33. The van der Waals surface area contributed by atoms with Gasteiger partial charge in [0.1, 0.15) is 0 Å². The van der Waals surface area contributed by atoms with Gasteiger partial charge in [-0.25, -0.2) is 10.8 Å². The molecular formula is C14H21BrN4O2. The third-order valence-corrected chi connectivity index (χ3v) is 4.27. The Labute approximate surface area is 132 Å². The van der Waals surface area contributed by atoms with Crippen LogP contribution in [0.4, 0.5) is 5.82 Å². The Hall–Kier alpha value is -1.18. The maximum absolute atomic E-state index is 12.8. The first-order valence-electron chi connectivity index (χ1n) is 7.21. The van der Waals surface area contributed by atoms with Crippen LogP contribution >= 0.6 is 15.9 Å². The number of nitrogen functional groups attached to an aromatic ring is 1. The molecule has 4 N–H and O–H groups in total. The van der Waals surface area contributed by atoms with Gasteiger partial charge >= 0.3 is 0 Å². The fourth-order valence-electron chi connectivity index (χ4n) is 2.82. The van der Waals surface area contributed by atoms with E-state index in [-0.39, 0.29) is 18.6 Å². The molecule has 7 heteroatoms. The first-order valence-corrected chi connectivity index (χ1v) is 8.00. The van der Waals surface area contributed by atoms with Crippen molar-refractivity contribution in [3.63, 3.8) is 0 Å². The van der Waals surface area contributed by atoms with E-state index in [1.165, 1.54) is 6.42 Å². The number of halogens is 1. The summed E-state index contributed by atoms with van der Waals surface area (Å²) in [7, 11) is 0. The largest absolute Gasteiger partial charge is 0.395 e. The van der Waals surface area contributed by atoms with Gasteiger partial charge in [0.25, 0.3) is 5.91 Å². The van der Waals surface area contributed by atoms with E-state index >= 15 is 0 Å². The lowest BCUT2D eigenvalue weighted by Gasteiger charge is -2.34. The number of nitrogens with zero attached hydrogens (tertiary/aromatic N) is 2. The molecule has 0 saturated heterocycles. The Kier molecular flexibility index (Phi) is 5.96. The molecule has 21 heavy (non-hydrogen) atoms. The number of carbonyl (C=O) groups is 1.